The average molecular weight is 746 g/mol. The van der Waals surface area contributed by atoms with Crippen molar-refractivity contribution in [1.82, 2.24) is 43.8 Å². The number of imide groups is 1. The predicted molar refractivity (Wildman–Crippen MR) is 209 cm³/mol. The Morgan fingerprint density at radius 2 is 1.69 bits per heavy atom. The number of anilines is 3. The summed E-state index contributed by atoms with van der Waals surface area (Å²) >= 11 is 0. The Morgan fingerprint density at radius 3 is 2.40 bits per heavy atom. The number of imidazole rings is 1. The molecule has 3 amide bonds. The Balaban J connectivity index is 0.827. The molecule has 7 heterocycles. The number of hydrogen-bond acceptors (Lipinski definition) is 10. The number of likely N-dealkylation sites (tertiary alicyclic amines) is 1. The number of benzene rings is 1. The van der Waals surface area contributed by atoms with Crippen molar-refractivity contribution in [1.29, 1.82) is 0 Å². The first-order valence-corrected chi connectivity index (χ1v) is 19.5. The number of nitrogens with one attached hydrogen (secondary N) is 2. The lowest BCUT2D eigenvalue weighted by Gasteiger charge is -2.47. The number of para-hydroxylation sites is 1. The summed E-state index contributed by atoms with van der Waals surface area (Å²) in [5.74, 6) is 0.812. The monoisotopic (exact) mass is 745 g/mol. The van der Waals surface area contributed by atoms with Gasteiger partial charge < -0.3 is 19.7 Å². The zero-order valence-corrected chi connectivity index (χ0v) is 31.6. The number of aryl methyl sites for hydroxylation is 1. The summed E-state index contributed by atoms with van der Waals surface area (Å²) in [7, 11) is 5.32. The molecule has 15 heteroatoms. The number of amides is 3. The van der Waals surface area contributed by atoms with Gasteiger partial charge in [0.15, 0.2) is 0 Å². The molecule has 1 atom stereocenters. The molecule has 1 aliphatic carbocycles. The molecular formula is C40H47N11O4. The fraction of sp³-hybridized carbons (Fsp3) is 0.475. The number of rotatable bonds is 8. The molecule has 1 saturated carbocycles. The fourth-order valence-corrected chi connectivity index (χ4v) is 9.23. The van der Waals surface area contributed by atoms with Gasteiger partial charge in [-0.05, 0) is 61.9 Å². The van der Waals surface area contributed by atoms with Crippen LogP contribution in [-0.4, -0.2) is 102 Å². The smallest absolute Gasteiger partial charge is 0.329 e. The number of aromatic nitrogens is 6. The minimum Gasteiger partial charge on any atom is -0.370 e. The Hall–Kier alpha value is -5.57. The summed E-state index contributed by atoms with van der Waals surface area (Å²) in [6.45, 7) is 3.72. The predicted octanol–water partition coefficient (Wildman–Crippen LogP) is 4.09. The minimum atomic E-state index is -0.698. The summed E-state index contributed by atoms with van der Waals surface area (Å²) in [6, 6.07) is 12.0. The summed E-state index contributed by atoms with van der Waals surface area (Å²) in [5.41, 5.74) is 4.94. The molecule has 4 aliphatic rings. The molecule has 0 radical (unpaired) electrons. The first kappa shape index (κ1) is 35.2. The summed E-state index contributed by atoms with van der Waals surface area (Å²) in [4.78, 5) is 71.7. The maximum Gasteiger partial charge on any atom is 0.329 e. The van der Waals surface area contributed by atoms with Crippen LogP contribution in [0.15, 0.2) is 53.6 Å². The van der Waals surface area contributed by atoms with E-state index in [0.29, 0.717) is 35.8 Å². The van der Waals surface area contributed by atoms with Gasteiger partial charge in [-0.2, -0.15) is 4.98 Å². The largest absolute Gasteiger partial charge is 0.370 e. The second kappa shape index (κ2) is 13.9. The van der Waals surface area contributed by atoms with Crippen LogP contribution in [0.4, 0.5) is 17.5 Å². The fourth-order valence-electron chi connectivity index (χ4n) is 9.23. The topological polar surface area (TPSA) is 156 Å². The molecule has 286 valence electrons. The van der Waals surface area contributed by atoms with E-state index in [9.17, 15) is 19.2 Å². The van der Waals surface area contributed by atoms with Gasteiger partial charge in [-0.15, -0.1) is 0 Å². The zero-order chi connectivity index (χ0) is 38.0. The quantitative estimate of drug-likeness (QED) is 0.222. The van der Waals surface area contributed by atoms with E-state index in [2.05, 4.69) is 42.1 Å². The van der Waals surface area contributed by atoms with Crippen molar-refractivity contribution >= 4 is 57.2 Å². The molecular weight excluding hydrogens is 699 g/mol. The van der Waals surface area contributed by atoms with E-state index in [1.54, 1.807) is 41.4 Å². The van der Waals surface area contributed by atoms with E-state index in [-0.39, 0.29) is 30.0 Å². The number of nitrogens with zero attached hydrogens (tertiary/aromatic N) is 9. The molecule has 9 rings (SSSR count). The van der Waals surface area contributed by atoms with E-state index in [0.717, 1.165) is 92.5 Å². The van der Waals surface area contributed by atoms with Crippen LogP contribution in [-0.2, 0) is 16.6 Å². The second-order valence-corrected chi connectivity index (χ2v) is 15.8. The van der Waals surface area contributed by atoms with Crippen LogP contribution in [0.25, 0.3) is 22.1 Å². The molecule has 2 N–H and O–H groups in total. The number of fused-ring (bicyclic) bond motifs is 2. The molecule has 55 heavy (non-hydrogen) atoms. The van der Waals surface area contributed by atoms with Crippen LogP contribution in [0.1, 0.15) is 85.4 Å². The Morgan fingerprint density at radius 1 is 0.909 bits per heavy atom. The van der Waals surface area contributed by atoms with Crippen LogP contribution in [0.3, 0.4) is 0 Å². The third kappa shape index (κ3) is 6.23. The molecule has 0 unspecified atom stereocenters. The highest BCUT2D eigenvalue weighted by molar-refractivity contribution is 6.01. The van der Waals surface area contributed by atoms with Gasteiger partial charge in [-0.3, -0.25) is 33.7 Å². The lowest BCUT2D eigenvalue weighted by Crippen LogP contribution is -2.54. The Labute approximate surface area is 318 Å². The molecule has 4 aromatic heterocycles. The van der Waals surface area contributed by atoms with Crippen LogP contribution in [0.2, 0.25) is 0 Å². The van der Waals surface area contributed by atoms with Gasteiger partial charge in [-0.25, -0.2) is 14.8 Å². The molecule has 0 bridgehead atoms. The molecule has 3 saturated heterocycles. The minimum absolute atomic E-state index is 0.0277. The molecule has 5 aromatic rings. The standard InChI is InChI=1S/C40H47N11O4/c1-46(2)38(54)32-19-25-21-42-39(45-36(25)50(32)28-7-4-5-8-28)43-33-13-11-24(20-41-33)26-22-49(23-26)27-15-17-48(18-16-27)29-9-6-10-30-35(29)47(3)40(55)51(30)31-12-14-34(52)44-37(31)53/h6,9-11,13,19-21,26-28,31H,4-5,7-8,12,14-18,22-23H2,1-3H3,(H,44,52,53)(H,41,42,43,45)/t31-/m1/s1. The van der Waals surface area contributed by atoms with E-state index in [1.807, 2.05) is 30.5 Å². The summed E-state index contributed by atoms with van der Waals surface area (Å²) in [5, 5.41) is 6.54. The number of carbonyl (C=O) groups excluding carboxylic acids is 3. The van der Waals surface area contributed by atoms with Crippen LogP contribution in [0.5, 0.6) is 0 Å². The summed E-state index contributed by atoms with van der Waals surface area (Å²) in [6.07, 6.45) is 10.7. The second-order valence-electron chi connectivity index (χ2n) is 15.8. The molecule has 1 aromatic carbocycles. The van der Waals surface area contributed by atoms with E-state index in [4.69, 9.17) is 9.97 Å². The third-order valence-electron chi connectivity index (χ3n) is 12.2. The van der Waals surface area contributed by atoms with Gasteiger partial charge in [0.05, 0.1) is 16.7 Å². The number of pyridine rings is 1. The SMILES string of the molecule is CN(C)C(=O)c1cc2cnc(Nc3ccc(C4CN(C5CCN(c6cccc7c6n(C)c(=O)n7[C@@H]6CCC(=O)NC6=O)CC5)C4)cn3)nc2n1C1CCCC1. The molecule has 15 nitrogen and oxygen atoms in total. The first-order chi connectivity index (χ1) is 26.6. The zero-order valence-electron chi connectivity index (χ0n) is 31.6. The molecule has 0 spiro atoms. The van der Waals surface area contributed by atoms with Gasteiger partial charge >= 0.3 is 5.69 Å². The van der Waals surface area contributed by atoms with Crippen molar-refractivity contribution in [2.45, 2.75) is 75.4 Å². The van der Waals surface area contributed by atoms with E-state index < -0.39 is 11.9 Å². The van der Waals surface area contributed by atoms with Gasteiger partial charge in [0.2, 0.25) is 17.8 Å². The Kier molecular flexibility index (Phi) is 8.90. The van der Waals surface area contributed by atoms with Crippen molar-refractivity contribution in [3.8, 4) is 0 Å². The highest BCUT2D eigenvalue weighted by Gasteiger charge is 2.36. The lowest BCUT2D eigenvalue weighted by molar-refractivity contribution is -0.135. The van der Waals surface area contributed by atoms with Gasteiger partial charge in [-0.1, -0.05) is 25.0 Å². The maximum absolute atomic E-state index is 13.4. The van der Waals surface area contributed by atoms with E-state index >= 15 is 0 Å². The average Bonchev–Trinajstić information content (AvgIpc) is 3.89. The van der Waals surface area contributed by atoms with Crippen molar-refractivity contribution in [2.75, 3.05) is 50.5 Å². The molecule has 3 aliphatic heterocycles. The highest BCUT2D eigenvalue weighted by atomic mass is 16.2. The highest BCUT2D eigenvalue weighted by Crippen LogP contribution is 2.37. The number of hydrogen-bond donors (Lipinski definition) is 2. The molecule has 4 fully saturated rings. The Bertz CT molecular complexity index is 2360. The van der Waals surface area contributed by atoms with Gasteiger partial charge in [0.25, 0.3) is 5.91 Å². The van der Waals surface area contributed by atoms with Crippen LogP contribution in [0, 0.1) is 0 Å². The summed E-state index contributed by atoms with van der Waals surface area (Å²) < 4.78 is 5.31. The normalized spacial score (nSPS) is 20.3. The maximum atomic E-state index is 13.4. The van der Waals surface area contributed by atoms with Crippen molar-refractivity contribution in [2.24, 2.45) is 7.05 Å². The van der Waals surface area contributed by atoms with Crippen LogP contribution < -0.4 is 21.2 Å². The van der Waals surface area contributed by atoms with Crippen molar-refractivity contribution in [3.63, 3.8) is 0 Å². The van der Waals surface area contributed by atoms with Gasteiger partial charge in [0, 0.05) is 89.5 Å². The van der Waals surface area contributed by atoms with Crippen molar-refractivity contribution in [3.05, 3.63) is 70.5 Å². The van der Waals surface area contributed by atoms with E-state index in [1.165, 1.54) is 5.56 Å². The van der Waals surface area contributed by atoms with Gasteiger partial charge in [0.1, 0.15) is 23.2 Å². The third-order valence-corrected chi connectivity index (χ3v) is 12.2. The lowest BCUT2D eigenvalue weighted by atomic mass is 9.88. The van der Waals surface area contributed by atoms with Crippen molar-refractivity contribution < 1.29 is 14.4 Å². The number of carbonyl (C=O) groups is 3. The van der Waals surface area contributed by atoms with Crippen LogP contribution >= 0.6 is 0 Å². The number of piperidine rings is 2. The first-order valence-electron chi connectivity index (χ1n) is 19.5.